The molecule has 0 fully saturated rings. The van der Waals surface area contributed by atoms with E-state index in [9.17, 15) is 0 Å². The number of amidine groups is 1. The molecule has 4 heteroatoms. The van der Waals surface area contributed by atoms with Crippen LogP contribution in [0.4, 0.5) is 5.69 Å². The molecule has 15 heavy (non-hydrogen) atoms. The SMILES string of the molecule is Cc1ncccc1NC1=NCC(C)CS1. The highest BCUT2D eigenvalue weighted by Crippen LogP contribution is 2.20. The third-order valence-electron chi connectivity index (χ3n) is 2.30. The van der Waals surface area contributed by atoms with Crippen molar-refractivity contribution in [3.8, 4) is 0 Å². The second-order valence-corrected chi connectivity index (χ2v) is 4.83. The quantitative estimate of drug-likeness (QED) is 0.792. The molecule has 1 aliphatic heterocycles. The van der Waals surface area contributed by atoms with Gasteiger partial charge in [0, 0.05) is 18.5 Å². The minimum absolute atomic E-state index is 0.690. The number of pyridine rings is 1. The summed E-state index contributed by atoms with van der Waals surface area (Å²) >= 11 is 1.79. The molecular weight excluding hydrogens is 206 g/mol. The number of hydrogen-bond donors (Lipinski definition) is 1. The topological polar surface area (TPSA) is 37.3 Å². The van der Waals surface area contributed by atoms with Crippen molar-refractivity contribution in [3.05, 3.63) is 24.0 Å². The number of thioether (sulfide) groups is 1. The Labute approximate surface area is 94.4 Å². The van der Waals surface area contributed by atoms with E-state index < -0.39 is 0 Å². The zero-order chi connectivity index (χ0) is 10.7. The van der Waals surface area contributed by atoms with E-state index in [4.69, 9.17) is 0 Å². The highest BCUT2D eigenvalue weighted by atomic mass is 32.2. The fraction of sp³-hybridized carbons (Fsp3) is 0.455. The van der Waals surface area contributed by atoms with Crippen molar-refractivity contribution < 1.29 is 0 Å². The van der Waals surface area contributed by atoms with Crippen molar-refractivity contribution in [1.29, 1.82) is 0 Å². The van der Waals surface area contributed by atoms with E-state index in [2.05, 4.69) is 22.2 Å². The molecule has 1 aromatic rings. The Morgan fingerprint density at radius 1 is 1.53 bits per heavy atom. The molecule has 0 spiro atoms. The molecule has 1 N–H and O–H groups in total. The number of aliphatic imine (C=N–C) groups is 1. The van der Waals surface area contributed by atoms with Gasteiger partial charge in [0.15, 0.2) is 5.17 Å². The van der Waals surface area contributed by atoms with E-state index in [-0.39, 0.29) is 0 Å². The predicted octanol–water partition coefficient (Wildman–Crippen LogP) is 2.54. The van der Waals surface area contributed by atoms with Crippen LogP contribution in [0.25, 0.3) is 0 Å². The van der Waals surface area contributed by atoms with Crippen LogP contribution in [0.5, 0.6) is 0 Å². The number of anilines is 1. The fourth-order valence-electron chi connectivity index (χ4n) is 1.37. The van der Waals surface area contributed by atoms with Gasteiger partial charge >= 0.3 is 0 Å². The Kier molecular flexibility index (Phi) is 3.26. The number of aryl methyl sites for hydroxylation is 1. The third kappa shape index (κ3) is 2.72. The molecule has 0 amide bonds. The van der Waals surface area contributed by atoms with Crippen LogP contribution in [0.15, 0.2) is 23.3 Å². The molecule has 0 aromatic carbocycles. The molecule has 80 valence electrons. The molecule has 0 radical (unpaired) electrons. The lowest BCUT2D eigenvalue weighted by atomic mass is 10.2. The lowest BCUT2D eigenvalue weighted by Crippen LogP contribution is -2.19. The molecule has 1 aliphatic rings. The van der Waals surface area contributed by atoms with E-state index in [1.165, 1.54) is 0 Å². The van der Waals surface area contributed by atoms with Crippen LogP contribution in [0.2, 0.25) is 0 Å². The molecule has 0 saturated heterocycles. The van der Waals surface area contributed by atoms with E-state index in [0.717, 1.165) is 28.8 Å². The van der Waals surface area contributed by atoms with Gasteiger partial charge in [-0.05, 0) is 25.0 Å². The summed E-state index contributed by atoms with van der Waals surface area (Å²) in [6, 6.07) is 3.97. The number of hydrogen-bond acceptors (Lipinski definition) is 4. The summed E-state index contributed by atoms with van der Waals surface area (Å²) in [5.41, 5.74) is 2.07. The van der Waals surface area contributed by atoms with E-state index in [1.807, 2.05) is 19.1 Å². The number of aromatic nitrogens is 1. The molecule has 1 unspecified atom stereocenters. The molecule has 1 atom stereocenters. The zero-order valence-corrected chi connectivity index (χ0v) is 9.84. The summed E-state index contributed by atoms with van der Waals surface area (Å²) in [6.45, 7) is 5.15. The van der Waals surface area contributed by atoms with Crippen molar-refractivity contribution in [1.82, 2.24) is 4.98 Å². The van der Waals surface area contributed by atoms with Crippen LogP contribution in [0, 0.1) is 12.8 Å². The molecule has 2 rings (SSSR count). The van der Waals surface area contributed by atoms with E-state index in [1.54, 1.807) is 18.0 Å². The molecular formula is C11H15N3S. The third-order valence-corrected chi connectivity index (χ3v) is 3.54. The van der Waals surface area contributed by atoms with Crippen molar-refractivity contribution in [2.24, 2.45) is 10.9 Å². The minimum atomic E-state index is 0.690. The van der Waals surface area contributed by atoms with Crippen LogP contribution >= 0.6 is 11.8 Å². The second kappa shape index (κ2) is 4.66. The van der Waals surface area contributed by atoms with Gasteiger partial charge in [-0.15, -0.1) is 0 Å². The zero-order valence-electron chi connectivity index (χ0n) is 9.03. The van der Waals surface area contributed by atoms with Gasteiger partial charge in [0.05, 0.1) is 11.4 Å². The maximum Gasteiger partial charge on any atom is 0.161 e. The standard InChI is InChI=1S/C11H15N3S/c1-8-6-13-11(15-7-8)14-10-4-3-5-12-9(10)2/h3-5,8H,6-7H2,1-2H3,(H,13,14). The summed E-state index contributed by atoms with van der Waals surface area (Å²) in [7, 11) is 0. The van der Waals surface area contributed by atoms with E-state index in [0.29, 0.717) is 5.92 Å². The van der Waals surface area contributed by atoms with Crippen LogP contribution in [-0.2, 0) is 0 Å². The monoisotopic (exact) mass is 221 g/mol. The van der Waals surface area contributed by atoms with Crippen LogP contribution in [0.1, 0.15) is 12.6 Å². The Morgan fingerprint density at radius 3 is 3.07 bits per heavy atom. The Hall–Kier alpha value is -1.03. The minimum Gasteiger partial charge on any atom is -0.334 e. The van der Waals surface area contributed by atoms with Crippen LogP contribution < -0.4 is 5.32 Å². The van der Waals surface area contributed by atoms with E-state index >= 15 is 0 Å². The summed E-state index contributed by atoms with van der Waals surface area (Å²) in [5, 5.41) is 4.34. The van der Waals surface area contributed by atoms with Crippen molar-refractivity contribution in [2.45, 2.75) is 13.8 Å². The van der Waals surface area contributed by atoms with Crippen molar-refractivity contribution in [3.63, 3.8) is 0 Å². The van der Waals surface area contributed by atoms with Gasteiger partial charge in [-0.25, -0.2) is 0 Å². The van der Waals surface area contributed by atoms with Gasteiger partial charge in [0.25, 0.3) is 0 Å². The summed E-state index contributed by atoms with van der Waals surface area (Å²) in [4.78, 5) is 8.72. The van der Waals surface area contributed by atoms with Gasteiger partial charge in [0.1, 0.15) is 0 Å². The Morgan fingerprint density at radius 2 is 2.40 bits per heavy atom. The van der Waals surface area contributed by atoms with Gasteiger partial charge in [-0.2, -0.15) is 0 Å². The molecule has 2 heterocycles. The molecule has 0 aliphatic carbocycles. The van der Waals surface area contributed by atoms with Gasteiger partial charge in [-0.1, -0.05) is 18.7 Å². The number of nitrogens with one attached hydrogen (secondary N) is 1. The first-order chi connectivity index (χ1) is 7.25. The Bertz CT molecular complexity index is 376. The van der Waals surface area contributed by atoms with Crippen molar-refractivity contribution >= 4 is 22.6 Å². The lowest BCUT2D eigenvalue weighted by Gasteiger charge is -2.18. The molecule has 3 nitrogen and oxygen atoms in total. The molecule has 1 aromatic heterocycles. The van der Waals surface area contributed by atoms with Crippen molar-refractivity contribution in [2.75, 3.05) is 17.6 Å². The summed E-state index contributed by atoms with van der Waals surface area (Å²) in [6.07, 6.45) is 1.80. The first-order valence-electron chi connectivity index (χ1n) is 5.11. The van der Waals surface area contributed by atoms with Gasteiger partial charge < -0.3 is 5.32 Å². The lowest BCUT2D eigenvalue weighted by molar-refractivity contribution is 0.674. The van der Waals surface area contributed by atoms with Crippen LogP contribution in [0.3, 0.4) is 0 Å². The highest BCUT2D eigenvalue weighted by Gasteiger charge is 2.12. The van der Waals surface area contributed by atoms with Gasteiger partial charge in [0.2, 0.25) is 0 Å². The largest absolute Gasteiger partial charge is 0.334 e. The Balaban J connectivity index is 2.06. The second-order valence-electron chi connectivity index (χ2n) is 3.82. The first kappa shape index (κ1) is 10.5. The maximum absolute atomic E-state index is 4.49. The highest BCUT2D eigenvalue weighted by molar-refractivity contribution is 8.14. The number of rotatable bonds is 1. The summed E-state index contributed by atoms with van der Waals surface area (Å²) in [5.74, 6) is 1.83. The number of nitrogens with zero attached hydrogens (tertiary/aromatic N) is 2. The normalized spacial score (nSPS) is 20.9. The van der Waals surface area contributed by atoms with Crippen LogP contribution in [-0.4, -0.2) is 22.4 Å². The fourth-order valence-corrected chi connectivity index (χ4v) is 2.26. The predicted molar refractivity (Wildman–Crippen MR) is 66.5 cm³/mol. The average Bonchev–Trinajstić information content (AvgIpc) is 2.25. The maximum atomic E-state index is 4.49. The van der Waals surface area contributed by atoms with Gasteiger partial charge in [-0.3, -0.25) is 9.98 Å². The smallest absolute Gasteiger partial charge is 0.161 e. The molecule has 0 bridgehead atoms. The first-order valence-corrected chi connectivity index (χ1v) is 6.10. The average molecular weight is 221 g/mol. The molecule has 0 saturated carbocycles. The summed E-state index contributed by atoms with van der Waals surface area (Å²) < 4.78 is 0.